The summed E-state index contributed by atoms with van der Waals surface area (Å²) in [6, 6.07) is -0.131. The number of hydrogen-bond donors (Lipinski definition) is 2. The Morgan fingerprint density at radius 1 is 1.44 bits per heavy atom. The van der Waals surface area contributed by atoms with Crippen molar-refractivity contribution >= 4 is 6.09 Å². The first kappa shape index (κ1) is 11.7. The smallest absolute Gasteiger partial charge is 0.410 e. The predicted octanol–water partition coefficient (Wildman–Crippen LogP) is 0.186. The molecule has 2 fully saturated rings. The molecule has 1 amide bonds. The highest BCUT2D eigenvalue weighted by molar-refractivity contribution is 5.69. The average Bonchev–Trinajstić information content (AvgIpc) is 2.35. The van der Waals surface area contributed by atoms with E-state index in [1.807, 2.05) is 20.8 Å². The van der Waals surface area contributed by atoms with Gasteiger partial charge in [-0.05, 0) is 20.8 Å². The van der Waals surface area contributed by atoms with Crippen LogP contribution in [0.15, 0.2) is 0 Å². The first-order valence-electron chi connectivity index (χ1n) is 5.77. The fourth-order valence-corrected chi connectivity index (χ4v) is 2.36. The minimum absolute atomic E-state index is 0.131. The van der Waals surface area contributed by atoms with Crippen LogP contribution in [-0.4, -0.2) is 53.5 Å². The number of aliphatic hydroxyl groups is 1. The molecule has 0 saturated carbocycles. The van der Waals surface area contributed by atoms with Crippen molar-refractivity contribution in [2.24, 2.45) is 5.92 Å². The van der Waals surface area contributed by atoms with Crippen LogP contribution in [0.1, 0.15) is 20.8 Å². The molecule has 16 heavy (non-hydrogen) atoms. The Morgan fingerprint density at radius 2 is 2.12 bits per heavy atom. The molecule has 3 unspecified atom stereocenters. The molecular weight excluding hydrogens is 208 g/mol. The number of carbonyl (C=O) groups is 1. The van der Waals surface area contributed by atoms with E-state index >= 15 is 0 Å². The third-order valence-electron chi connectivity index (χ3n) is 3.10. The Hall–Kier alpha value is -0.810. The van der Waals surface area contributed by atoms with Gasteiger partial charge in [0.15, 0.2) is 0 Å². The SMILES string of the molecule is CC(C)(C)OC(=O)N1CC2CNCC1C2O. The van der Waals surface area contributed by atoms with E-state index in [-0.39, 0.29) is 18.1 Å². The van der Waals surface area contributed by atoms with E-state index in [0.29, 0.717) is 13.1 Å². The van der Waals surface area contributed by atoms with Crippen molar-refractivity contribution in [3.8, 4) is 0 Å². The molecule has 3 atom stereocenters. The number of piperidine rings is 1. The average molecular weight is 228 g/mol. The van der Waals surface area contributed by atoms with E-state index < -0.39 is 11.7 Å². The zero-order valence-corrected chi connectivity index (χ0v) is 10.1. The predicted molar refractivity (Wildman–Crippen MR) is 59.1 cm³/mol. The summed E-state index contributed by atoms with van der Waals surface area (Å²) in [7, 11) is 0. The van der Waals surface area contributed by atoms with E-state index in [0.717, 1.165) is 6.54 Å². The largest absolute Gasteiger partial charge is 0.444 e. The van der Waals surface area contributed by atoms with Gasteiger partial charge in [0, 0.05) is 25.6 Å². The highest BCUT2D eigenvalue weighted by Crippen LogP contribution is 2.27. The maximum Gasteiger partial charge on any atom is 0.410 e. The van der Waals surface area contributed by atoms with Gasteiger partial charge in [-0.2, -0.15) is 0 Å². The highest BCUT2D eigenvalue weighted by atomic mass is 16.6. The topological polar surface area (TPSA) is 61.8 Å². The summed E-state index contributed by atoms with van der Waals surface area (Å²) >= 11 is 0. The number of ether oxygens (including phenoxy) is 1. The Bertz CT molecular complexity index is 287. The number of hydrogen-bond acceptors (Lipinski definition) is 4. The molecular formula is C11H20N2O3. The molecule has 0 aromatic rings. The van der Waals surface area contributed by atoms with Crippen LogP contribution in [0.2, 0.25) is 0 Å². The van der Waals surface area contributed by atoms with Crippen LogP contribution < -0.4 is 5.32 Å². The number of fused-ring (bicyclic) bond motifs is 2. The molecule has 5 heteroatoms. The lowest BCUT2D eigenvalue weighted by Crippen LogP contribution is -2.50. The lowest BCUT2D eigenvalue weighted by Gasteiger charge is -2.30. The molecule has 5 nitrogen and oxygen atoms in total. The molecule has 2 N–H and O–H groups in total. The summed E-state index contributed by atoms with van der Waals surface area (Å²) in [5.41, 5.74) is -0.480. The van der Waals surface area contributed by atoms with Gasteiger partial charge in [0.05, 0.1) is 12.1 Å². The molecule has 0 spiro atoms. The maximum atomic E-state index is 11.9. The van der Waals surface area contributed by atoms with Crippen molar-refractivity contribution in [1.82, 2.24) is 10.2 Å². The van der Waals surface area contributed by atoms with Crippen molar-refractivity contribution in [3.05, 3.63) is 0 Å². The van der Waals surface area contributed by atoms with Crippen LogP contribution in [0.25, 0.3) is 0 Å². The summed E-state index contributed by atoms with van der Waals surface area (Å²) in [5, 5.41) is 13.2. The van der Waals surface area contributed by atoms with Gasteiger partial charge in [-0.25, -0.2) is 4.79 Å². The molecule has 2 bridgehead atoms. The third-order valence-corrected chi connectivity index (χ3v) is 3.10. The molecule has 0 radical (unpaired) electrons. The van der Waals surface area contributed by atoms with Crippen LogP contribution in [0, 0.1) is 5.92 Å². The van der Waals surface area contributed by atoms with Crippen LogP contribution in [-0.2, 0) is 4.74 Å². The molecule has 2 saturated heterocycles. The second-order valence-corrected chi connectivity index (χ2v) is 5.61. The summed E-state index contributed by atoms with van der Waals surface area (Å²) in [5.74, 6) is 0.145. The van der Waals surface area contributed by atoms with Crippen molar-refractivity contribution in [2.75, 3.05) is 19.6 Å². The second-order valence-electron chi connectivity index (χ2n) is 5.61. The van der Waals surface area contributed by atoms with Crippen LogP contribution >= 0.6 is 0 Å². The summed E-state index contributed by atoms with van der Waals surface area (Å²) in [6.45, 7) is 7.56. The fourth-order valence-electron chi connectivity index (χ4n) is 2.36. The molecule has 2 heterocycles. The van der Waals surface area contributed by atoms with Gasteiger partial charge in [0.2, 0.25) is 0 Å². The standard InChI is InChI=1S/C11H20N2O3/c1-11(2,3)16-10(15)13-6-7-4-12-5-8(13)9(7)14/h7-9,12,14H,4-6H2,1-3H3. The molecule has 2 aliphatic heterocycles. The number of nitrogens with one attached hydrogen (secondary N) is 1. The monoisotopic (exact) mass is 228 g/mol. The molecule has 0 aliphatic carbocycles. The van der Waals surface area contributed by atoms with Gasteiger partial charge >= 0.3 is 6.09 Å². The van der Waals surface area contributed by atoms with Gasteiger partial charge in [0.1, 0.15) is 5.60 Å². The lowest BCUT2D eigenvalue weighted by atomic mass is 9.98. The van der Waals surface area contributed by atoms with Crippen molar-refractivity contribution in [2.45, 2.75) is 38.5 Å². The molecule has 0 aromatic carbocycles. The number of amides is 1. The number of nitrogens with zero attached hydrogens (tertiary/aromatic N) is 1. The van der Waals surface area contributed by atoms with Gasteiger partial charge < -0.3 is 20.1 Å². The van der Waals surface area contributed by atoms with Gasteiger partial charge in [-0.3, -0.25) is 0 Å². The summed E-state index contributed by atoms with van der Waals surface area (Å²) in [4.78, 5) is 13.6. The number of carbonyl (C=O) groups excluding carboxylic acids is 1. The van der Waals surface area contributed by atoms with E-state index in [9.17, 15) is 9.90 Å². The lowest BCUT2D eigenvalue weighted by molar-refractivity contribution is 0.0139. The van der Waals surface area contributed by atoms with E-state index in [1.165, 1.54) is 0 Å². The maximum absolute atomic E-state index is 11.9. The summed E-state index contributed by atoms with van der Waals surface area (Å²) in [6.07, 6.45) is -0.725. The number of rotatable bonds is 0. The highest BCUT2D eigenvalue weighted by Gasteiger charge is 2.46. The van der Waals surface area contributed by atoms with E-state index in [4.69, 9.17) is 4.74 Å². The Kier molecular flexibility index (Phi) is 2.84. The second kappa shape index (κ2) is 3.89. The van der Waals surface area contributed by atoms with E-state index in [2.05, 4.69) is 5.32 Å². The molecule has 0 aromatic heterocycles. The van der Waals surface area contributed by atoms with Crippen LogP contribution in [0.3, 0.4) is 0 Å². The summed E-state index contributed by atoms with van der Waals surface area (Å²) < 4.78 is 5.33. The normalized spacial score (nSPS) is 34.0. The van der Waals surface area contributed by atoms with Crippen molar-refractivity contribution in [1.29, 1.82) is 0 Å². The minimum Gasteiger partial charge on any atom is -0.444 e. The third kappa shape index (κ3) is 2.15. The molecule has 92 valence electrons. The molecule has 2 aliphatic rings. The minimum atomic E-state index is -0.480. The first-order valence-corrected chi connectivity index (χ1v) is 5.77. The first-order chi connectivity index (χ1) is 7.38. The van der Waals surface area contributed by atoms with Gasteiger partial charge in [0.25, 0.3) is 0 Å². The van der Waals surface area contributed by atoms with Gasteiger partial charge in [-0.1, -0.05) is 0 Å². The number of aliphatic hydroxyl groups excluding tert-OH is 1. The van der Waals surface area contributed by atoms with E-state index in [1.54, 1.807) is 4.90 Å². The van der Waals surface area contributed by atoms with Gasteiger partial charge in [-0.15, -0.1) is 0 Å². The number of likely N-dealkylation sites (tertiary alicyclic amines) is 1. The van der Waals surface area contributed by atoms with Crippen LogP contribution in [0.5, 0.6) is 0 Å². The Labute approximate surface area is 95.8 Å². The van der Waals surface area contributed by atoms with Crippen molar-refractivity contribution in [3.63, 3.8) is 0 Å². The Balaban J connectivity index is 2.03. The van der Waals surface area contributed by atoms with Crippen molar-refractivity contribution < 1.29 is 14.6 Å². The van der Waals surface area contributed by atoms with Crippen LogP contribution in [0.4, 0.5) is 4.79 Å². The molecule has 2 rings (SSSR count). The fraction of sp³-hybridized carbons (Fsp3) is 0.909. The zero-order chi connectivity index (χ0) is 11.9. The quantitative estimate of drug-likeness (QED) is 0.621. The Morgan fingerprint density at radius 3 is 2.69 bits per heavy atom. The zero-order valence-electron chi connectivity index (χ0n) is 10.1.